The molecule has 1 aromatic heterocycles. The van der Waals surface area contributed by atoms with Crippen molar-refractivity contribution >= 4 is 0 Å². The fourth-order valence-electron chi connectivity index (χ4n) is 2.95. The molecule has 108 valence electrons. The fraction of sp³-hybridized carbons (Fsp3) is 0.800. The average Bonchev–Trinajstić information content (AvgIpc) is 2.96. The van der Waals surface area contributed by atoms with Gasteiger partial charge in [-0.25, -0.2) is 4.98 Å². The smallest absolute Gasteiger partial charge is 0.0945 e. The molecule has 0 aliphatic carbocycles. The number of piperidine rings is 1. The topological polar surface area (TPSA) is 33.1 Å². The summed E-state index contributed by atoms with van der Waals surface area (Å²) in [5.74, 6) is 0.857. The van der Waals surface area contributed by atoms with Crippen molar-refractivity contribution in [3.05, 3.63) is 18.7 Å². The molecule has 0 radical (unpaired) electrons. The van der Waals surface area contributed by atoms with Crippen LogP contribution in [-0.4, -0.2) is 46.7 Å². The first-order chi connectivity index (χ1) is 9.29. The summed E-state index contributed by atoms with van der Waals surface area (Å²) in [6.45, 7) is 10.5. The van der Waals surface area contributed by atoms with Crippen molar-refractivity contribution in [2.75, 3.05) is 26.2 Å². The van der Waals surface area contributed by atoms with Crippen molar-refractivity contribution in [3.8, 4) is 0 Å². The van der Waals surface area contributed by atoms with Gasteiger partial charge in [0.1, 0.15) is 0 Å². The van der Waals surface area contributed by atoms with Crippen LogP contribution in [0.5, 0.6) is 0 Å². The molecule has 1 aromatic rings. The number of rotatable bonds is 7. The van der Waals surface area contributed by atoms with E-state index in [1.54, 1.807) is 0 Å². The Balaban J connectivity index is 1.58. The summed E-state index contributed by atoms with van der Waals surface area (Å²) in [7, 11) is 0. The molecule has 2 heterocycles. The van der Waals surface area contributed by atoms with Crippen molar-refractivity contribution in [1.29, 1.82) is 0 Å². The van der Waals surface area contributed by atoms with Gasteiger partial charge in [0.05, 0.1) is 6.33 Å². The van der Waals surface area contributed by atoms with Gasteiger partial charge in [-0.05, 0) is 58.3 Å². The highest BCUT2D eigenvalue weighted by atomic mass is 15.1. The predicted molar refractivity (Wildman–Crippen MR) is 79.1 cm³/mol. The number of nitrogens with zero attached hydrogens (tertiary/aromatic N) is 3. The third-order valence-corrected chi connectivity index (χ3v) is 4.41. The molecule has 2 rings (SSSR count). The summed E-state index contributed by atoms with van der Waals surface area (Å²) in [5.41, 5.74) is 0. The van der Waals surface area contributed by atoms with Gasteiger partial charge in [0.15, 0.2) is 0 Å². The molecule has 4 nitrogen and oxygen atoms in total. The predicted octanol–water partition coefficient (Wildman–Crippen LogP) is 1.98. The zero-order valence-electron chi connectivity index (χ0n) is 12.4. The molecule has 0 amide bonds. The minimum Gasteiger partial charge on any atom is -0.337 e. The number of hydrogen-bond donors (Lipinski definition) is 1. The molecule has 4 heteroatoms. The minimum absolute atomic E-state index is 0.654. The molecule has 1 saturated heterocycles. The Morgan fingerprint density at radius 3 is 2.79 bits per heavy atom. The minimum atomic E-state index is 0.654. The van der Waals surface area contributed by atoms with Crippen molar-refractivity contribution < 1.29 is 0 Å². The van der Waals surface area contributed by atoms with E-state index in [4.69, 9.17) is 0 Å². The number of hydrogen-bond acceptors (Lipinski definition) is 3. The second-order valence-electron chi connectivity index (χ2n) is 5.67. The molecule has 1 aliphatic heterocycles. The summed E-state index contributed by atoms with van der Waals surface area (Å²) >= 11 is 0. The van der Waals surface area contributed by atoms with Crippen LogP contribution in [0.2, 0.25) is 0 Å². The summed E-state index contributed by atoms with van der Waals surface area (Å²) in [6.07, 6.45) is 9.65. The van der Waals surface area contributed by atoms with Crippen LogP contribution < -0.4 is 5.32 Å². The van der Waals surface area contributed by atoms with Gasteiger partial charge in [0.2, 0.25) is 0 Å². The van der Waals surface area contributed by atoms with Gasteiger partial charge in [-0.2, -0.15) is 0 Å². The standard InChI is InChI=1S/C15H28N4/c1-3-18-10-5-15(6-11-18)14(2)17-7-4-9-19-12-8-16-13-19/h8,12-15,17H,3-7,9-11H2,1-2H3. The highest BCUT2D eigenvalue weighted by Crippen LogP contribution is 2.20. The SMILES string of the molecule is CCN1CCC(C(C)NCCCn2ccnc2)CC1. The lowest BCUT2D eigenvalue weighted by molar-refractivity contribution is 0.169. The van der Waals surface area contributed by atoms with Crippen LogP contribution in [0.1, 0.15) is 33.1 Å². The molecule has 0 bridgehead atoms. The number of aromatic nitrogens is 2. The van der Waals surface area contributed by atoms with Crippen LogP contribution in [0.25, 0.3) is 0 Å². The third-order valence-electron chi connectivity index (χ3n) is 4.41. The van der Waals surface area contributed by atoms with E-state index in [1.807, 2.05) is 18.7 Å². The molecule has 0 spiro atoms. The quantitative estimate of drug-likeness (QED) is 0.765. The Bertz CT molecular complexity index is 328. The van der Waals surface area contributed by atoms with Crippen LogP contribution in [0.4, 0.5) is 0 Å². The average molecular weight is 264 g/mol. The number of aryl methyl sites for hydroxylation is 1. The molecular weight excluding hydrogens is 236 g/mol. The molecule has 0 saturated carbocycles. The van der Waals surface area contributed by atoms with E-state index in [0.29, 0.717) is 6.04 Å². The van der Waals surface area contributed by atoms with E-state index in [9.17, 15) is 0 Å². The summed E-state index contributed by atoms with van der Waals surface area (Å²) in [5, 5.41) is 3.70. The third kappa shape index (κ3) is 4.62. The zero-order valence-corrected chi connectivity index (χ0v) is 12.4. The van der Waals surface area contributed by atoms with E-state index in [-0.39, 0.29) is 0 Å². The van der Waals surface area contributed by atoms with Gasteiger partial charge in [0.25, 0.3) is 0 Å². The maximum atomic E-state index is 4.06. The van der Waals surface area contributed by atoms with Crippen molar-refractivity contribution in [3.63, 3.8) is 0 Å². The monoisotopic (exact) mass is 264 g/mol. The molecule has 1 unspecified atom stereocenters. The van der Waals surface area contributed by atoms with Crippen LogP contribution in [0.3, 0.4) is 0 Å². The Morgan fingerprint density at radius 2 is 2.16 bits per heavy atom. The van der Waals surface area contributed by atoms with Gasteiger partial charge < -0.3 is 14.8 Å². The molecule has 1 aliphatic rings. The second kappa shape index (κ2) is 7.65. The lowest BCUT2D eigenvalue weighted by Crippen LogP contribution is -2.42. The van der Waals surface area contributed by atoms with Crippen molar-refractivity contribution in [2.24, 2.45) is 5.92 Å². The van der Waals surface area contributed by atoms with Crippen molar-refractivity contribution in [2.45, 2.75) is 45.7 Å². The highest BCUT2D eigenvalue weighted by Gasteiger charge is 2.22. The molecule has 1 N–H and O–H groups in total. The second-order valence-corrected chi connectivity index (χ2v) is 5.67. The van der Waals surface area contributed by atoms with Crippen LogP contribution >= 0.6 is 0 Å². The van der Waals surface area contributed by atoms with Crippen LogP contribution in [0.15, 0.2) is 18.7 Å². The Morgan fingerprint density at radius 1 is 1.37 bits per heavy atom. The lowest BCUT2D eigenvalue weighted by atomic mass is 9.90. The fourth-order valence-corrected chi connectivity index (χ4v) is 2.95. The summed E-state index contributed by atoms with van der Waals surface area (Å²) < 4.78 is 2.14. The normalized spacial score (nSPS) is 19.7. The van der Waals surface area contributed by atoms with Gasteiger partial charge in [-0.15, -0.1) is 0 Å². The van der Waals surface area contributed by atoms with E-state index in [2.05, 4.69) is 33.6 Å². The number of likely N-dealkylation sites (tertiary alicyclic amines) is 1. The summed E-state index contributed by atoms with van der Waals surface area (Å²) in [6, 6.07) is 0.654. The molecular formula is C15H28N4. The number of nitrogens with one attached hydrogen (secondary N) is 1. The Labute approximate surface area is 117 Å². The van der Waals surface area contributed by atoms with Gasteiger partial charge in [-0.3, -0.25) is 0 Å². The number of imidazole rings is 1. The van der Waals surface area contributed by atoms with Gasteiger partial charge in [-0.1, -0.05) is 6.92 Å². The van der Waals surface area contributed by atoms with Gasteiger partial charge >= 0.3 is 0 Å². The molecule has 1 fully saturated rings. The van der Waals surface area contributed by atoms with Crippen LogP contribution in [0, 0.1) is 5.92 Å². The maximum Gasteiger partial charge on any atom is 0.0945 e. The largest absolute Gasteiger partial charge is 0.337 e. The lowest BCUT2D eigenvalue weighted by Gasteiger charge is -2.34. The molecule has 1 atom stereocenters. The Hall–Kier alpha value is -0.870. The molecule has 0 aromatic carbocycles. The van der Waals surface area contributed by atoms with E-state index in [1.165, 1.54) is 38.9 Å². The Kier molecular flexibility index (Phi) is 5.86. The highest BCUT2D eigenvalue weighted by molar-refractivity contribution is 4.79. The first-order valence-electron chi connectivity index (χ1n) is 7.71. The first-order valence-corrected chi connectivity index (χ1v) is 7.71. The van der Waals surface area contributed by atoms with Crippen molar-refractivity contribution in [1.82, 2.24) is 19.8 Å². The van der Waals surface area contributed by atoms with Gasteiger partial charge in [0, 0.05) is 25.0 Å². The van der Waals surface area contributed by atoms with Crippen LogP contribution in [-0.2, 0) is 6.54 Å². The zero-order chi connectivity index (χ0) is 13.5. The molecule has 19 heavy (non-hydrogen) atoms. The van der Waals surface area contributed by atoms with E-state index < -0.39 is 0 Å². The first kappa shape index (κ1) is 14.5. The maximum absolute atomic E-state index is 4.06. The summed E-state index contributed by atoms with van der Waals surface area (Å²) in [4.78, 5) is 6.62. The van der Waals surface area contributed by atoms with E-state index >= 15 is 0 Å². The van der Waals surface area contributed by atoms with E-state index in [0.717, 1.165) is 19.0 Å².